The first-order valence-electron chi connectivity index (χ1n) is 11.5. The van der Waals surface area contributed by atoms with Crippen LogP contribution in [0.2, 0.25) is 0 Å². The van der Waals surface area contributed by atoms with Crippen LogP contribution in [0.1, 0.15) is 43.7 Å². The lowest BCUT2D eigenvalue weighted by atomic mass is 9.92. The molecular weight excluding hydrogens is 436 g/mol. The first kappa shape index (κ1) is 25.2. The number of aliphatic carboxylic acids is 1. The number of hydrogen-bond donors (Lipinski definition) is 4. The van der Waals surface area contributed by atoms with Crippen molar-refractivity contribution in [2.75, 3.05) is 19.7 Å². The molecule has 0 radical (unpaired) electrons. The number of fused-ring (bicyclic) bond motifs is 3. The first-order valence-corrected chi connectivity index (χ1v) is 11.5. The third kappa shape index (κ3) is 6.35. The summed E-state index contributed by atoms with van der Waals surface area (Å²) in [5.74, 6) is -1.59. The van der Waals surface area contributed by atoms with Gasteiger partial charge in [-0.25, -0.2) is 9.59 Å². The Kier molecular flexibility index (Phi) is 8.65. The van der Waals surface area contributed by atoms with Crippen LogP contribution in [0.15, 0.2) is 48.5 Å². The average molecular weight is 469 g/mol. The van der Waals surface area contributed by atoms with Crippen LogP contribution < -0.4 is 10.6 Å². The van der Waals surface area contributed by atoms with Crippen molar-refractivity contribution in [2.45, 2.75) is 38.7 Å². The van der Waals surface area contributed by atoms with E-state index in [1.54, 1.807) is 0 Å². The number of nitrogens with one attached hydrogen (secondary N) is 2. The highest BCUT2D eigenvalue weighted by Gasteiger charge is 2.29. The fourth-order valence-corrected chi connectivity index (χ4v) is 4.19. The minimum Gasteiger partial charge on any atom is -0.479 e. The first-order chi connectivity index (χ1) is 16.3. The lowest BCUT2D eigenvalue weighted by Crippen LogP contribution is -2.36. The number of carbonyl (C=O) groups is 3. The number of carbonyl (C=O) groups excluding carboxylic acids is 2. The summed E-state index contributed by atoms with van der Waals surface area (Å²) in [6, 6.07) is 16.2. The van der Waals surface area contributed by atoms with Gasteiger partial charge in [-0.3, -0.25) is 4.79 Å². The monoisotopic (exact) mass is 468 g/mol. The van der Waals surface area contributed by atoms with E-state index in [0.717, 1.165) is 22.3 Å². The molecule has 0 bridgehead atoms. The summed E-state index contributed by atoms with van der Waals surface area (Å²) < 4.78 is 5.55. The van der Waals surface area contributed by atoms with E-state index in [1.807, 2.05) is 38.1 Å². The highest BCUT2D eigenvalue weighted by Crippen LogP contribution is 2.44. The third-order valence-electron chi connectivity index (χ3n) is 6.27. The van der Waals surface area contributed by atoms with E-state index < -0.39 is 18.2 Å². The second kappa shape index (κ2) is 11.7. The summed E-state index contributed by atoms with van der Waals surface area (Å²) in [5, 5.41) is 23.4. The molecule has 0 aromatic heterocycles. The maximum Gasteiger partial charge on any atom is 0.407 e. The molecule has 8 nitrogen and oxygen atoms in total. The molecule has 0 saturated carbocycles. The molecule has 0 spiro atoms. The molecule has 0 heterocycles. The van der Waals surface area contributed by atoms with Crippen LogP contribution in [-0.2, 0) is 14.3 Å². The van der Waals surface area contributed by atoms with Crippen LogP contribution in [0.3, 0.4) is 0 Å². The number of aliphatic hydroxyl groups excluding tert-OH is 1. The molecule has 4 N–H and O–H groups in total. The number of rotatable bonds is 11. The maximum atomic E-state index is 12.4. The van der Waals surface area contributed by atoms with Crippen molar-refractivity contribution in [3.05, 3.63) is 59.7 Å². The molecule has 1 aliphatic carbocycles. The number of alkyl carbamates (subject to hydrolysis) is 1. The zero-order valence-corrected chi connectivity index (χ0v) is 19.5. The molecule has 182 valence electrons. The third-order valence-corrected chi connectivity index (χ3v) is 6.27. The van der Waals surface area contributed by atoms with E-state index in [9.17, 15) is 19.5 Å². The largest absolute Gasteiger partial charge is 0.479 e. The molecule has 3 rings (SSSR count). The number of ether oxygens (including phenoxy) is 1. The molecule has 2 aromatic carbocycles. The van der Waals surface area contributed by atoms with Crippen LogP contribution >= 0.6 is 0 Å². The van der Waals surface area contributed by atoms with Gasteiger partial charge in [0.1, 0.15) is 6.61 Å². The molecule has 0 aliphatic heterocycles. The van der Waals surface area contributed by atoms with Crippen molar-refractivity contribution in [2.24, 2.45) is 11.8 Å². The Labute approximate surface area is 199 Å². The highest BCUT2D eigenvalue weighted by atomic mass is 16.5. The zero-order chi connectivity index (χ0) is 24.7. The fourth-order valence-electron chi connectivity index (χ4n) is 4.19. The van der Waals surface area contributed by atoms with Gasteiger partial charge in [0.05, 0.1) is 0 Å². The molecule has 2 aromatic rings. The van der Waals surface area contributed by atoms with Gasteiger partial charge in [-0.05, 0) is 34.1 Å². The van der Waals surface area contributed by atoms with E-state index in [4.69, 9.17) is 9.84 Å². The molecule has 0 fully saturated rings. The van der Waals surface area contributed by atoms with Crippen LogP contribution in [0.4, 0.5) is 4.79 Å². The summed E-state index contributed by atoms with van der Waals surface area (Å²) in [7, 11) is 0. The molecule has 0 saturated heterocycles. The van der Waals surface area contributed by atoms with Gasteiger partial charge in [0.25, 0.3) is 0 Å². The Balaban J connectivity index is 1.48. The maximum absolute atomic E-state index is 12.4. The summed E-state index contributed by atoms with van der Waals surface area (Å²) in [6.45, 7) is 4.49. The van der Waals surface area contributed by atoms with E-state index in [-0.39, 0.29) is 56.2 Å². The van der Waals surface area contributed by atoms with Crippen LogP contribution in [-0.4, -0.2) is 54.0 Å². The second-order valence-electron chi connectivity index (χ2n) is 8.91. The summed E-state index contributed by atoms with van der Waals surface area (Å²) in [4.78, 5) is 35.3. The number of hydrogen-bond acceptors (Lipinski definition) is 5. The van der Waals surface area contributed by atoms with Gasteiger partial charge in [0.15, 0.2) is 6.10 Å². The van der Waals surface area contributed by atoms with Gasteiger partial charge in [-0.15, -0.1) is 0 Å². The van der Waals surface area contributed by atoms with Crippen molar-refractivity contribution in [1.82, 2.24) is 10.6 Å². The number of carboxylic acids is 1. The quantitative estimate of drug-likeness (QED) is 0.402. The lowest BCUT2D eigenvalue weighted by molar-refractivity contribution is -0.147. The van der Waals surface area contributed by atoms with E-state index in [2.05, 4.69) is 34.9 Å². The topological polar surface area (TPSA) is 125 Å². The van der Waals surface area contributed by atoms with Crippen LogP contribution in [0.25, 0.3) is 11.1 Å². The zero-order valence-electron chi connectivity index (χ0n) is 19.5. The van der Waals surface area contributed by atoms with E-state index in [1.165, 1.54) is 0 Å². The Morgan fingerprint density at radius 1 is 0.971 bits per heavy atom. The molecular formula is C26H32N2O6. The standard InChI is InChI=1S/C26H32N2O6/c1-16(2)17(13-24(30)27-12-11-23(29)25(31)32)14-28-26(33)34-15-22-20-9-5-3-7-18(20)19-8-4-6-10-21(19)22/h3-10,16-17,22-23,29H,11-15H2,1-2H3,(H,27,30)(H,28,33)(H,31,32). The molecule has 2 amide bonds. The van der Waals surface area contributed by atoms with Gasteiger partial charge < -0.3 is 25.6 Å². The van der Waals surface area contributed by atoms with Gasteiger partial charge in [-0.2, -0.15) is 0 Å². The van der Waals surface area contributed by atoms with Gasteiger partial charge >= 0.3 is 12.1 Å². The van der Waals surface area contributed by atoms with Crippen LogP contribution in [0.5, 0.6) is 0 Å². The van der Waals surface area contributed by atoms with E-state index >= 15 is 0 Å². The lowest BCUT2D eigenvalue weighted by Gasteiger charge is -2.21. The van der Waals surface area contributed by atoms with Crippen molar-refractivity contribution in [1.29, 1.82) is 0 Å². The summed E-state index contributed by atoms with van der Waals surface area (Å²) in [5.41, 5.74) is 4.60. The second-order valence-corrected chi connectivity index (χ2v) is 8.91. The van der Waals surface area contributed by atoms with E-state index in [0.29, 0.717) is 0 Å². The molecule has 8 heteroatoms. The molecule has 34 heavy (non-hydrogen) atoms. The SMILES string of the molecule is CC(C)C(CNC(=O)OCC1c2ccccc2-c2ccccc21)CC(=O)NCCC(O)C(=O)O. The Bertz CT molecular complexity index is 976. The minimum atomic E-state index is -1.50. The smallest absolute Gasteiger partial charge is 0.407 e. The highest BCUT2D eigenvalue weighted by molar-refractivity contribution is 5.79. The molecule has 2 atom stereocenters. The van der Waals surface area contributed by atoms with Gasteiger partial charge in [0, 0.05) is 31.8 Å². The Morgan fingerprint density at radius 2 is 1.56 bits per heavy atom. The summed E-state index contributed by atoms with van der Waals surface area (Å²) in [6.07, 6.45) is -1.93. The van der Waals surface area contributed by atoms with Crippen molar-refractivity contribution >= 4 is 18.0 Å². The Hall–Kier alpha value is -3.39. The van der Waals surface area contributed by atoms with Gasteiger partial charge in [-0.1, -0.05) is 62.4 Å². The predicted octanol–water partition coefficient (Wildman–Crippen LogP) is 3.14. The predicted molar refractivity (Wildman–Crippen MR) is 127 cm³/mol. The minimum absolute atomic E-state index is 0.0222. The summed E-state index contributed by atoms with van der Waals surface area (Å²) >= 11 is 0. The molecule has 1 aliphatic rings. The Morgan fingerprint density at radius 3 is 2.12 bits per heavy atom. The van der Waals surface area contributed by atoms with Crippen molar-refractivity contribution in [3.8, 4) is 11.1 Å². The fraction of sp³-hybridized carbons (Fsp3) is 0.423. The van der Waals surface area contributed by atoms with Crippen molar-refractivity contribution in [3.63, 3.8) is 0 Å². The number of aliphatic hydroxyl groups is 1. The van der Waals surface area contributed by atoms with Gasteiger partial charge in [0.2, 0.25) is 5.91 Å². The normalized spacial score (nSPS) is 14.1. The number of amides is 2. The number of carboxylic acid groups (broad SMARTS) is 1. The van der Waals surface area contributed by atoms with Crippen LogP contribution in [0, 0.1) is 11.8 Å². The average Bonchev–Trinajstić information content (AvgIpc) is 3.13. The van der Waals surface area contributed by atoms with Crippen molar-refractivity contribution < 1.29 is 29.3 Å². The molecule has 2 unspecified atom stereocenters. The number of benzene rings is 2.